The molecule has 1 heteroatoms. The zero-order valence-corrected chi connectivity index (χ0v) is 29.1. The standard InChI is InChI=1S/C51H34O/c1-51(2)45-26-9-7-19-36(45)42-29-43-44(30-46(42)51)49(38-24-12-15-31-14-3-4-18-34(31)38)40-22-6-5-21-39(40)48(43)33-17-11-16-32(28-33)35-23-13-25-41-37-20-8-10-27-47(37)52-50(35)41/h3-30H,1-2H3. The summed E-state index contributed by atoms with van der Waals surface area (Å²) in [6, 6.07) is 62.5. The Labute approximate surface area is 302 Å². The van der Waals surface area contributed by atoms with Crippen molar-refractivity contribution in [1.29, 1.82) is 0 Å². The number of benzene rings is 9. The van der Waals surface area contributed by atoms with E-state index in [0.29, 0.717) is 0 Å². The maximum absolute atomic E-state index is 6.53. The molecule has 1 nitrogen and oxygen atoms in total. The smallest absolute Gasteiger partial charge is 0.143 e. The molecule has 1 aliphatic carbocycles. The third kappa shape index (κ3) is 4.05. The van der Waals surface area contributed by atoms with Gasteiger partial charge in [-0.3, -0.25) is 0 Å². The van der Waals surface area contributed by atoms with E-state index in [0.717, 1.165) is 33.1 Å². The van der Waals surface area contributed by atoms with Crippen LogP contribution in [0.25, 0.3) is 98.8 Å². The van der Waals surface area contributed by atoms with E-state index in [1.54, 1.807) is 0 Å². The normalized spacial score (nSPS) is 13.3. The van der Waals surface area contributed by atoms with E-state index in [1.807, 2.05) is 6.07 Å². The maximum Gasteiger partial charge on any atom is 0.143 e. The summed E-state index contributed by atoms with van der Waals surface area (Å²) in [6.45, 7) is 4.76. The summed E-state index contributed by atoms with van der Waals surface area (Å²) in [5, 5.41) is 9.89. The van der Waals surface area contributed by atoms with Crippen molar-refractivity contribution in [2.75, 3.05) is 0 Å². The zero-order valence-electron chi connectivity index (χ0n) is 29.1. The Morgan fingerprint density at radius 3 is 1.85 bits per heavy atom. The molecule has 0 N–H and O–H groups in total. The molecule has 0 spiro atoms. The molecule has 0 atom stereocenters. The predicted molar refractivity (Wildman–Crippen MR) is 220 cm³/mol. The summed E-state index contributed by atoms with van der Waals surface area (Å²) in [5.41, 5.74) is 14.4. The van der Waals surface area contributed by atoms with Gasteiger partial charge >= 0.3 is 0 Å². The molecule has 1 aromatic heterocycles. The number of hydrogen-bond acceptors (Lipinski definition) is 1. The number of hydrogen-bond donors (Lipinski definition) is 0. The quantitative estimate of drug-likeness (QED) is 0.172. The van der Waals surface area contributed by atoms with Crippen molar-refractivity contribution in [1.82, 2.24) is 0 Å². The van der Waals surface area contributed by atoms with Crippen LogP contribution in [0.1, 0.15) is 25.0 Å². The molecule has 0 radical (unpaired) electrons. The van der Waals surface area contributed by atoms with E-state index in [4.69, 9.17) is 4.42 Å². The third-order valence-electron chi connectivity index (χ3n) is 11.7. The van der Waals surface area contributed by atoms with Crippen LogP contribution < -0.4 is 0 Å². The molecule has 11 rings (SSSR count). The van der Waals surface area contributed by atoms with Crippen LogP contribution >= 0.6 is 0 Å². The van der Waals surface area contributed by atoms with Gasteiger partial charge in [0.25, 0.3) is 0 Å². The van der Waals surface area contributed by atoms with Crippen molar-refractivity contribution in [2.24, 2.45) is 0 Å². The molecule has 52 heavy (non-hydrogen) atoms. The lowest BCUT2D eigenvalue weighted by Gasteiger charge is -2.24. The van der Waals surface area contributed by atoms with Crippen molar-refractivity contribution in [2.45, 2.75) is 19.3 Å². The number of rotatable bonds is 3. The molecule has 0 fully saturated rings. The van der Waals surface area contributed by atoms with Gasteiger partial charge in [0.15, 0.2) is 0 Å². The molecule has 10 aromatic rings. The first-order valence-corrected chi connectivity index (χ1v) is 18.2. The maximum atomic E-state index is 6.53. The minimum atomic E-state index is -0.118. The van der Waals surface area contributed by atoms with Crippen LogP contribution in [-0.4, -0.2) is 0 Å². The summed E-state index contributed by atoms with van der Waals surface area (Å²) in [4.78, 5) is 0. The highest BCUT2D eigenvalue weighted by Gasteiger charge is 2.36. The zero-order chi connectivity index (χ0) is 34.6. The highest BCUT2D eigenvalue weighted by atomic mass is 16.3. The van der Waals surface area contributed by atoms with Gasteiger partial charge in [-0.25, -0.2) is 0 Å². The van der Waals surface area contributed by atoms with E-state index >= 15 is 0 Å². The SMILES string of the molecule is CC1(C)c2ccccc2-c2cc3c(-c4cccc(-c5cccc6c5oc5ccccc56)c4)c4ccccc4c(-c4cccc5ccccc45)c3cc21. The van der Waals surface area contributed by atoms with Crippen molar-refractivity contribution >= 4 is 54.3 Å². The fraction of sp³-hybridized carbons (Fsp3) is 0.0588. The molecule has 244 valence electrons. The molecule has 1 aliphatic rings. The first-order valence-electron chi connectivity index (χ1n) is 18.2. The van der Waals surface area contributed by atoms with Crippen LogP contribution in [-0.2, 0) is 5.41 Å². The fourth-order valence-electron chi connectivity index (χ4n) is 9.23. The Bertz CT molecular complexity index is 3090. The lowest BCUT2D eigenvalue weighted by molar-refractivity contribution is 0.661. The van der Waals surface area contributed by atoms with E-state index in [2.05, 4.69) is 178 Å². The Kier molecular flexibility index (Phi) is 6.08. The first kappa shape index (κ1) is 29.3. The monoisotopic (exact) mass is 662 g/mol. The van der Waals surface area contributed by atoms with E-state index in [9.17, 15) is 0 Å². The third-order valence-corrected chi connectivity index (χ3v) is 11.7. The summed E-state index contributed by atoms with van der Waals surface area (Å²) >= 11 is 0. The van der Waals surface area contributed by atoms with Crippen LogP contribution in [0.5, 0.6) is 0 Å². The van der Waals surface area contributed by atoms with Gasteiger partial charge in [-0.05, 0) is 107 Å². The first-order chi connectivity index (χ1) is 25.6. The van der Waals surface area contributed by atoms with Crippen LogP contribution in [0.2, 0.25) is 0 Å². The largest absolute Gasteiger partial charge is 0.455 e. The van der Waals surface area contributed by atoms with Crippen LogP contribution in [0.15, 0.2) is 174 Å². The van der Waals surface area contributed by atoms with Gasteiger partial charge in [0.05, 0.1) is 0 Å². The minimum Gasteiger partial charge on any atom is -0.455 e. The Hall–Kier alpha value is -6.44. The minimum absolute atomic E-state index is 0.118. The van der Waals surface area contributed by atoms with Crippen molar-refractivity contribution in [3.05, 3.63) is 181 Å². The van der Waals surface area contributed by atoms with Gasteiger partial charge in [0.2, 0.25) is 0 Å². The molecule has 0 amide bonds. The van der Waals surface area contributed by atoms with Gasteiger partial charge in [0, 0.05) is 21.8 Å². The Morgan fingerprint density at radius 1 is 0.365 bits per heavy atom. The molecular formula is C51H34O. The average Bonchev–Trinajstić information content (AvgIpc) is 3.68. The van der Waals surface area contributed by atoms with Gasteiger partial charge in [0.1, 0.15) is 11.2 Å². The second-order valence-corrected chi connectivity index (χ2v) is 14.8. The summed E-state index contributed by atoms with van der Waals surface area (Å²) in [7, 11) is 0. The summed E-state index contributed by atoms with van der Waals surface area (Å²) in [5.74, 6) is 0. The Morgan fingerprint density at radius 2 is 0.962 bits per heavy atom. The van der Waals surface area contributed by atoms with Gasteiger partial charge in [-0.1, -0.05) is 159 Å². The van der Waals surface area contributed by atoms with E-state index in [-0.39, 0.29) is 5.41 Å². The van der Waals surface area contributed by atoms with Crippen molar-refractivity contribution in [3.63, 3.8) is 0 Å². The van der Waals surface area contributed by atoms with Crippen LogP contribution in [0, 0.1) is 0 Å². The van der Waals surface area contributed by atoms with Gasteiger partial charge in [-0.15, -0.1) is 0 Å². The van der Waals surface area contributed by atoms with E-state index in [1.165, 1.54) is 76.8 Å². The number of para-hydroxylation sites is 2. The highest BCUT2D eigenvalue weighted by molar-refractivity contribution is 6.24. The molecule has 0 aliphatic heterocycles. The molecule has 0 bridgehead atoms. The summed E-state index contributed by atoms with van der Waals surface area (Å²) in [6.07, 6.45) is 0. The average molecular weight is 663 g/mol. The molecule has 9 aromatic carbocycles. The van der Waals surface area contributed by atoms with Crippen LogP contribution in [0.4, 0.5) is 0 Å². The van der Waals surface area contributed by atoms with Gasteiger partial charge in [-0.2, -0.15) is 0 Å². The lowest BCUT2D eigenvalue weighted by atomic mass is 9.79. The Balaban J connectivity index is 1.26. The van der Waals surface area contributed by atoms with E-state index < -0.39 is 0 Å². The molecule has 1 heterocycles. The topological polar surface area (TPSA) is 13.1 Å². The summed E-state index contributed by atoms with van der Waals surface area (Å²) < 4.78 is 6.53. The molecule has 0 unspecified atom stereocenters. The lowest BCUT2D eigenvalue weighted by Crippen LogP contribution is -2.14. The van der Waals surface area contributed by atoms with Crippen LogP contribution in [0.3, 0.4) is 0 Å². The number of fused-ring (bicyclic) bond motifs is 9. The molecular weight excluding hydrogens is 629 g/mol. The second-order valence-electron chi connectivity index (χ2n) is 14.8. The second kappa shape index (κ2) is 10.8. The predicted octanol–water partition coefficient (Wildman–Crippen LogP) is 14.4. The molecule has 0 saturated carbocycles. The van der Waals surface area contributed by atoms with Gasteiger partial charge < -0.3 is 4.42 Å². The fourth-order valence-corrected chi connectivity index (χ4v) is 9.23. The number of furan rings is 1. The van der Waals surface area contributed by atoms with Crippen molar-refractivity contribution in [3.8, 4) is 44.5 Å². The highest BCUT2D eigenvalue weighted by Crippen LogP contribution is 2.54. The molecule has 0 saturated heterocycles. The van der Waals surface area contributed by atoms with Crippen molar-refractivity contribution < 1.29 is 4.42 Å².